The van der Waals surface area contributed by atoms with Gasteiger partial charge in [-0.05, 0) is 59.3 Å². The molecule has 10 nitrogen and oxygen atoms in total. The minimum atomic E-state index is -3.35. The maximum atomic E-state index is 12.8. The van der Waals surface area contributed by atoms with E-state index in [0.717, 1.165) is 0 Å². The van der Waals surface area contributed by atoms with Crippen LogP contribution in [-0.4, -0.2) is 90.4 Å². The van der Waals surface area contributed by atoms with Crippen molar-refractivity contribution in [3.63, 3.8) is 0 Å². The molecule has 3 heterocycles. The van der Waals surface area contributed by atoms with Gasteiger partial charge in [-0.3, -0.25) is 9.59 Å². The molecule has 3 N–H and O–H groups in total. The van der Waals surface area contributed by atoms with E-state index in [-0.39, 0.29) is 35.7 Å². The quantitative estimate of drug-likeness (QED) is 0.605. The average Bonchev–Trinajstić information content (AvgIpc) is 2.78. The summed E-state index contributed by atoms with van der Waals surface area (Å²) in [6, 6.07) is -0.185. The Hall–Kier alpha value is -1.88. The Kier molecular flexibility index (Phi) is 7.93. The van der Waals surface area contributed by atoms with Gasteiger partial charge in [0.15, 0.2) is 0 Å². The van der Waals surface area contributed by atoms with Gasteiger partial charge < -0.3 is 20.9 Å². The number of piperidine rings is 3. The van der Waals surface area contributed by atoms with Crippen LogP contribution in [0.25, 0.3) is 0 Å². The first-order valence-electron chi connectivity index (χ1n) is 12.0. The van der Waals surface area contributed by atoms with Crippen LogP contribution in [0.3, 0.4) is 0 Å². The first kappa shape index (κ1) is 25.7. The lowest BCUT2D eigenvalue weighted by atomic mass is 9.92. The topological polar surface area (TPSA) is 133 Å². The fraction of sp³-hybridized carbons (Fsp3) is 0.864. The Morgan fingerprint density at radius 1 is 0.788 bits per heavy atom. The van der Waals surface area contributed by atoms with Crippen molar-refractivity contribution in [1.82, 2.24) is 19.4 Å². The Bertz CT molecular complexity index is 832. The summed E-state index contributed by atoms with van der Waals surface area (Å²) in [7, 11) is -3.35. The fourth-order valence-electron chi connectivity index (χ4n) is 4.87. The predicted octanol–water partition coefficient (Wildman–Crippen LogP) is 0.725. The number of likely N-dealkylation sites (tertiary alicyclic amines) is 2. The molecule has 0 spiro atoms. The molecule has 0 aromatic rings. The van der Waals surface area contributed by atoms with E-state index in [1.165, 1.54) is 4.31 Å². The van der Waals surface area contributed by atoms with Gasteiger partial charge in [-0.25, -0.2) is 17.5 Å². The number of nitrogens with two attached hydrogens (primary N) is 1. The maximum absolute atomic E-state index is 12.8. The second-order valence-corrected chi connectivity index (χ2v) is 13.2. The molecule has 3 rings (SSSR count). The molecule has 0 atom stereocenters. The number of primary amides is 1. The van der Waals surface area contributed by atoms with Crippen LogP contribution in [0.4, 0.5) is 4.79 Å². The normalized spacial score (nSPS) is 22.9. The van der Waals surface area contributed by atoms with E-state index in [2.05, 4.69) is 5.32 Å². The van der Waals surface area contributed by atoms with Crippen LogP contribution >= 0.6 is 0 Å². The van der Waals surface area contributed by atoms with Gasteiger partial charge in [0, 0.05) is 57.1 Å². The number of urea groups is 1. The summed E-state index contributed by atoms with van der Waals surface area (Å²) < 4.78 is 25.9. The molecule has 0 aromatic carbocycles. The molecular formula is C22H39N5O5S. The lowest BCUT2D eigenvalue weighted by molar-refractivity contribution is -0.139. The van der Waals surface area contributed by atoms with Crippen LogP contribution < -0.4 is 11.1 Å². The number of hydrogen-bond acceptors (Lipinski definition) is 5. The summed E-state index contributed by atoms with van der Waals surface area (Å²) in [5.74, 6) is -0.404. The van der Waals surface area contributed by atoms with Gasteiger partial charge in [-0.2, -0.15) is 0 Å². The molecule has 0 unspecified atom stereocenters. The van der Waals surface area contributed by atoms with Crippen molar-refractivity contribution in [2.45, 2.75) is 70.1 Å². The van der Waals surface area contributed by atoms with E-state index in [4.69, 9.17) is 5.73 Å². The van der Waals surface area contributed by atoms with Crippen molar-refractivity contribution in [3.8, 4) is 0 Å². The van der Waals surface area contributed by atoms with E-state index in [1.807, 2.05) is 4.90 Å². The lowest BCUT2D eigenvalue weighted by Crippen LogP contribution is -2.54. The van der Waals surface area contributed by atoms with Crippen molar-refractivity contribution in [3.05, 3.63) is 0 Å². The number of carbonyl (C=O) groups is 3. The molecule has 11 heteroatoms. The van der Waals surface area contributed by atoms with E-state index >= 15 is 0 Å². The van der Waals surface area contributed by atoms with Crippen LogP contribution in [0, 0.1) is 11.8 Å². The number of nitrogens with zero attached hydrogens (tertiary/aromatic N) is 3. The molecule has 33 heavy (non-hydrogen) atoms. The number of sulfonamides is 1. The fourth-order valence-corrected chi connectivity index (χ4v) is 6.33. The van der Waals surface area contributed by atoms with Gasteiger partial charge in [0.25, 0.3) is 0 Å². The minimum absolute atomic E-state index is 0.0465. The lowest BCUT2D eigenvalue weighted by Gasteiger charge is -2.38. The Balaban J connectivity index is 1.40. The van der Waals surface area contributed by atoms with Crippen LogP contribution in [-0.2, 0) is 19.6 Å². The highest BCUT2D eigenvalue weighted by atomic mass is 32.2. The summed E-state index contributed by atoms with van der Waals surface area (Å²) in [6.45, 7) is 8.11. The Morgan fingerprint density at radius 3 is 1.76 bits per heavy atom. The van der Waals surface area contributed by atoms with Crippen molar-refractivity contribution in [1.29, 1.82) is 0 Å². The van der Waals surface area contributed by atoms with Gasteiger partial charge >= 0.3 is 6.03 Å². The third kappa shape index (κ3) is 5.98. The SMILES string of the molecule is CC(C)(C)S(=O)(=O)N1CCC(NC(=O)N2CCC(C(=O)N3CCC(C(N)=O)CC3)CC2)CC1. The molecule has 0 radical (unpaired) electrons. The Morgan fingerprint density at radius 2 is 1.27 bits per heavy atom. The van der Waals surface area contributed by atoms with Crippen molar-refractivity contribution < 1.29 is 22.8 Å². The van der Waals surface area contributed by atoms with Crippen molar-refractivity contribution in [2.24, 2.45) is 17.6 Å². The van der Waals surface area contributed by atoms with Gasteiger partial charge in [0.2, 0.25) is 21.8 Å². The summed E-state index contributed by atoms with van der Waals surface area (Å²) in [6.07, 6.45) is 3.69. The molecule has 0 bridgehead atoms. The predicted molar refractivity (Wildman–Crippen MR) is 125 cm³/mol. The zero-order valence-corrected chi connectivity index (χ0v) is 20.9. The smallest absolute Gasteiger partial charge is 0.317 e. The monoisotopic (exact) mass is 485 g/mol. The number of rotatable bonds is 4. The van der Waals surface area contributed by atoms with Crippen molar-refractivity contribution in [2.75, 3.05) is 39.3 Å². The molecule has 3 aliphatic rings. The van der Waals surface area contributed by atoms with E-state index in [1.54, 1.807) is 25.7 Å². The first-order valence-corrected chi connectivity index (χ1v) is 13.5. The molecule has 3 fully saturated rings. The van der Waals surface area contributed by atoms with Gasteiger partial charge in [0.1, 0.15) is 0 Å². The van der Waals surface area contributed by atoms with Crippen molar-refractivity contribution >= 4 is 27.9 Å². The van der Waals surface area contributed by atoms with Gasteiger partial charge in [-0.15, -0.1) is 0 Å². The van der Waals surface area contributed by atoms with Gasteiger partial charge in [0.05, 0.1) is 4.75 Å². The summed E-state index contributed by atoms with van der Waals surface area (Å²) in [5, 5.41) is 3.05. The second-order valence-electron chi connectivity index (χ2n) is 10.5. The maximum Gasteiger partial charge on any atom is 0.317 e. The molecule has 0 aromatic heterocycles. The van der Waals surface area contributed by atoms with Crippen LogP contribution in [0.1, 0.15) is 59.3 Å². The van der Waals surface area contributed by atoms with E-state index in [0.29, 0.717) is 77.8 Å². The highest BCUT2D eigenvalue weighted by Crippen LogP contribution is 2.26. The van der Waals surface area contributed by atoms with Crippen LogP contribution in [0.2, 0.25) is 0 Å². The molecule has 0 aliphatic carbocycles. The molecule has 188 valence electrons. The molecular weight excluding hydrogens is 446 g/mol. The standard InChI is InChI=1S/C22H39N5O5S/c1-22(2,3)33(31,32)27-14-8-18(9-15-27)24-21(30)26-12-6-17(7-13-26)20(29)25-10-4-16(5-11-25)19(23)28/h16-18H,4-15H2,1-3H3,(H2,23,28)(H,24,30). The number of carbonyl (C=O) groups excluding carboxylic acids is 3. The molecule has 3 saturated heterocycles. The summed E-state index contributed by atoms with van der Waals surface area (Å²) in [4.78, 5) is 40.5. The third-order valence-electron chi connectivity index (χ3n) is 7.24. The van der Waals surface area contributed by atoms with E-state index in [9.17, 15) is 22.8 Å². The summed E-state index contributed by atoms with van der Waals surface area (Å²) >= 11 is 0. The zero-order chi connectivity index (χ0) is 24.4. The average molecular weight is 486 g/mol. The number of hydrogen-bond donors (Lipinski definition) is 2. The van der Waals surface area contributed by atoms with E-state index < -0.39 is 14.8 Å². The van der Waals surface area contributed by atoms with Crippen LogP contribution in [0.5, 0.6) is 0 Å². The number of amides is 4. The number of nitrogens with one attached hydrogen (secondary N) is 1. The Labute approximate surface area is 197 Å². The molecule has 4 amide bonds. The highest BCUT2D eigenvalue weighted by molar-refractivity contribution is 7.90. The minimum Gasteiger partial charge on any atom is -0.369 e. The highest BCUT2D eigenvalue weighted by Gasteiger charge is 2.38. The van der Waals surface area contributed by atoms with Crippen LogP contribution in [0.15, 0.2) is 0 Å². The first-order chi connectivity index (χ1) is 15.4. The molecule has 3 aliphatic heterocycles. The molecule has 0 saturated carbocycles. The van der Waals surface area contributed by atoms with Gasteiger partial charge in [-0.1, -0.05) is 0 Å². The second kappa shape index (κ2) is 10.2. The zero-order valence-electron chi connectivity index (χ0n) is 20.1. The third-order valence-corrected chi connectivity index (χ3v) is 9.83. The summed E-state index contributed by atoms with van der Waals surface area (Å²) in [5.41, 5.74) is 5.37. The largest absolute Gasteiger partial charge is 0.369 e.